The second-order valence-electron chi connectivity index (χ2n) is 3.88. The molecule has 0 saturated heterocycles. The summed E-state index contributed by atoms with van der Waals surface area (Å²) in [6.07, 6.45) is 0. The van der Waals surface area contributed by atoms with E-state index in [2.05, 4.69) is 12.2 Å². The first-order valence-corrected chi connectivity index (χ1v) is 5.76. The summed E-state index contributed by atoms with van der Waals surface area (Å²) in [5.41, 5.74) is 0. The summed E-state index contributed by atoms with van der Waals surface area (Å²) < 4.78 is 11.1. The second kappa shape index (κ2) is 7.12. The third-order valence-corrected chi connectivity index (χ3v) is 2.20. The molecule has 0 bridgehead atoms. The van der Waals surface area contributed by atoms with Gasteiger partial charge in [0.15, 0.2) is 0 Å². The Morgan fingerprint density at radius 2 is 1.94 bits per heavy atom. The molecule has 16 heavy (non-hydrogen) atoms. The highest BCUT2D eigenvalue weighted by Crippen LogP contribution is 2.19. The van der Waals surface area contributed by atoms with E-state index >= 15 is 0 Å². The van der Waals surface area contributed by atoms with E-state index in [-0.39, 0.29) is 0 Å². The van der Waals surface area contributed by atoms with Crippen LogP contribution < -0.4 is 14.8 Å². The van der Waals surface area contributed by atoms with Crippen molar-refractivity contribution < 1.29 is 9.47 Å². The van der Waals surface area contributed by atoms with Crippen LogP contribution in [0.5, 0.6) is 11.5 Å². The largest absolute Gasteiger partial charge is 0.494 e. The number of hydrogen-bond donors (Lipinski definition) is 1. The maximum Gasteiger partial charge on any atom is 0.122 e. The van der Waals surface area contributed by atoms with E-state index in [0.29, 0.717) is 12.5 Å². The standard InChI is InChI=1S/C13H21NO2/c1-4-15-12-6-5-7-13(8-12)16-10-11(2)9-14-3/h5-8,11,14H,4,9-10H2,1-3H3. The van der Waals surface area contributed by atoms with Crippen molar-refractivity contribution in [2.75, 3.05) is 26.8 Å². The fourth-order valence-corrected chi connectivity index (χ4v) is 1.47. The summed E-state index contributed by atoms with van der Waals surface area (Å²) >= 11 is 0. The molecule has 0 spiro atoms. The Bertz CT molecular complexity index is 302. The van der Waals surface area contributed by atoms with Crippen LogP contribution in [0.3, 0.4) is 0 Å². The van der Waals surface area contributed by atoms with Gasteiger partial charge < -0.3 is 14.8 Å². The van der Waals surface area contributed by atoms with Crippen molar-refractivity contribution in [1.82, 2.24) is 5.32 Å². The Hall–Kier alpha value is -1.22. The van der Waals surface area contributed by atoms with Crippen molar-refractivity contribution in [2.45, 2.75) is 13.8 Å². The minimum atomic E-state index is 0.501. The van der Waals surface area contributed by atoms with Crippen LogP contribution in [0.2, 0.25) is 0 Å². The van der Waals surface area contributed by atoms with Gasteiger partial charge in [0.2, 0.25) is 0 Å². The van der Waals surface area contributed by atoms with Crippen LogP contribution in [0.4, 0.5) is 0 Å². The fourth-order valence-electron chi connectivity index (χ4n) is 1.47. The van der Waals surface area contributed by atoms with Gasteiger partial charge in [0.1, 0.15) is 11.5 Å². The highest BCUT2D eigenvalue weighted by atomic mass is 16.5. The summed E-state index contributed by atoms with van der Waals surface area (Å²) in [4.78, 5) is 0. The van der Waals surface area contributed by atoms with E-state index < -0.39 is 0 Å². The van der Waals surface area contributed by atoms with Crippen LogP contribution in [0.25, 0.3) is 0 Å². The molecule has 0 aliphatic heterocycles. The molecule has 0 amide bonds. The predicted octanol–water partition coefficient (Wildman–Crippen LogP) is 2.32. The Morgan fingerprint density at radius 3 is 2.56 bits per heavy atom. The Kier molecular flexibility index (Phi) is 5.72. The molecule has 0 aliphatic rings. The molecule has 0 aliphatic carbocycles. The second-order valence-corrected chi connectivity index (χ2v) is 3.88. The molecule has 0 radical (unpaired) electrons. The average molecular weight is 223 g/mol. The molecule has 3 nitrogen and oxygen atoms in total. The van der Waals surface area contributed by atoms with Gasteiger partial charge in [-0.25, -0.2) is 0 Å². The number of benzene rings is 1. The van der Waals surface area contributed by atoms with Crippen LogP contribution in [-0.4, -0.2) is 26.8 Å². The molecule has 1 aromatic rings. The number of rotatable bonds is 7. The van der Waals surface area contributed by atoms with Gasteiger partial charge in [-0.1, -0.05) is 13.0 Å². The molecule has 0 aromatic heterocycles. The molecule has 0 fully saturated rings. The van der Waals surface area contributed by atoms with Crippen molar-refractivity contribution in [3.05, 3.63) is 24.3 Å². The van der Waals surface area contributed by atoms with Crippen molar-refractivity contribution >= 4 is 0 Å². The predicted molar refractivity (Wildman–Crippen MR) is 66.2 cm³/mol. The number of ether oxygens (including phenoxy) is 2. The Labute approximate surface area is 97.8 Å². The van der Waals surface area contributed by atoms with Gasteiger partial charge in [-0.15, -0.1) is 0 Å². The van der Waals surface area contributed by atoms with Crippen molar-refractivity contribution in [1.29, 1.82) is 0 Å². The van der Waals surface area contributed by atoms with Crippen LogP contribution in [0, 0.1) is 5.92 Å². The minimum absolute atomic E-state index is 0.501. The lowest BCUT2D eigenvalue weighted by molar-refractivity contribution is 0.256. The van der Waals surface area contributed by atoms with Gasteiger partial charge in [-0.3, -0.25) is 0 Å². The first-order chi connectivity index (χ1) is 7.76. The summed E-state index contributed by atoms with van der Waals surface area (Å²) in [7, 11) is 1.95. The van der Waals surface area contributed by atoms with Gasteiger partial charge in [0.05, 0.1) is 13.2 Å². The highest BCUT2D eigenvalue weighted by molar-refractivity contribution is 5.32. The topological polar surface area (TPSA) is 30.5 Å². The zero-order valence-corrected chi connectivity index (χ0v) is 10.3. The lowest BCUT2D eigenvalue weighted by Crippen LogP contribution is -2.21. The molecule has 1 atom stereocenters. The van der Waals surface area contributed by atoms with E-state index in [1.807, 2.05) is 38.2 Å². The SMILES string of the molecule is CCOc1cccc(OCC(C)CNC)c1. The molecule has 0 saturated carbocycles. The number of nitrogens with one attached hydrogen (secondary N) is 1. The van der Waals surface area contributed by atoms with Crippen molar-refractivity contribution in [3.63, 3.8) is 0 Å². The quantitative estimate of drug-likeness (QED) is 0.769. The summed E-state index contributed by atoms with van der Waals surface area (Å²) in [5.74, 6) is 2.23. The molecular weight excluding hydrogens is 202 g/mol. The maximum atomic E-state index is 5.69. The molecule has 1 unspecified atom stereocenters. The summed E-state index contributed by atoms with van der Waals surface area (Å²) in [6.45, 7) is 6.49. The molecule has 0 heterocycles. The first kappa shape index (κ1) is 12.8. The van der Waals surface area contributed by atoms with Crippen molar-refractivity contribution in [2.24, 2.45) is 5.92 Å². The summed E-state index contributed by atoms with van der Waals surface area (Å²) in [5, 5.41) is 3.13. The zero-order chi connectivity index (χ0) is 11.8. The molecule has 1 aromatic carbocycles. The van der Waals surface area contributed by atoms with E-state index in [9.17, 15) is 0 Å². The van der Waals surface area contributed by atoms with E-state index in [4.69, 9.17) is 9.47 Å². The molecular formula is C13H21NO2. The van der Waals surface area contributed by atoms with Gasteiger partial charge in [-0.2, -0.15) is 0 Å². The first-order valence-electron chi connectivity index (χ1n) is 5.76. The third-order valence-electron chi connectivity index (χ3n) is 2.20. The molecule has 3 heteroatoms. The van der Waals surface area contributed by atoms with E-state index in [1.165, 1.54) is 0 Å². The van der Waals surface area contributed by atoms with Gasteiger partial charge in [0.25, 0.3) is 0 Å². The summed E-state index contributed by atoms with van der Waals surface area (Å²) in [6, 6.07) is 7.76. The fraction of sp³-hybridized carbons (Fsp3) is 0.538. The molecule has 1 rings (SSSR count). The van der Waals surface area contributed by atoms with Crippen LogP contribution in [-0.2, 0) is 0 Å². The Morgan fingerprint density at radius 1 is 1.25 bits per heavy atom. The smallest absolute Gasteiger partial charge is 0.122 e. The van der Waals surface area contributed by atoms with Crippen LogP contribution in [0.15, 0.2) is 24.3 Å². The average Bonchev–Trinajstić information content (AvgIpc) is 2.28. The van der Waals surface area contributed by atoms with Gasteiger partial charge in [0, 0.05) is 18.5 Å². The van der Waals surface area contributed by atoms with Gasteiger partial charge >= 0.3 is 0 Å². The van der Waals surface area contributed by atoms with Crippen LogP contribution in [0.1, 0.15) is 13.8 Å². The van der Waals surface area contributed by atoms with Crippen molar-refractivity contribution in [3.8, 4) is 11.5 Å². The number of hydrogen-bond acceptors (Lipinski definition) is 3. The van der Waals surface area contributed by atoms with E-state index in [1.54, 1.807) is 0 Å². The lowest BCUT2D eigenvalue weighted by Gasteiger charge is -2.13. The minimum Gasteiger partial charge on any atom is -0.494 e. The normalized spacial score (nSPS) is 12.2. The Balaban J connectivity index is 2.44. The third kappa shape index (κ3) is 4.53. The monoisotopic (exact) mass is 223 g/mol. The maximum absolute atomic E-state index is 5.69. The highest BCUT2D eigenvalue weighted by Gasteiger charge is 2.02. The zero-order valence-electron chi connectivity index (χ0n) is 10.3. The lowest BCUT2D eigenvalue weighted by atomic mass is 10.2. The van der Waals surface area contributed by atoms with E-state index in [0.717, 1.165) is 24.7 Å². The van der Waals surface area contributed by atoms with Crippen LogP contribution >= 0.6 is 0 Å². The van der Waals surface area contributed by atoms with Gasteiger partial charge in [-0.05, 0) is 26.1 Å². The molecule has 1 N–H and O–H groups in total. The molecule has 90 valence electrons.